The normalized spacial score (nSPS) is 11.5. The fourth-order valence-corrected chi connectivity index (χ4v) is 1.17. The number of halogens is 5. The van der Waals surface area contributed by atoms with E-state index in [0.717, 1.165) is 0 Å². The second-order valence-corrected chi connectivity index (χ2v) is 3.22. The highest BCUT2D eigenvalue weighted by atomic mass is 19.4. The molecule has 12 heteroatoms. The zero-order chi connectivity index (χ0) is 15.7. The van der Waals surface area contributed by atoms with E-state index in [1.54, 1.807) is 0 Å². The van der Waals surface area contributed by atoms with Crippen LogP contribution in [0.3, 0.4) is 0 Å². The van der Waals surface area contributed by atoms with Crippen molar-refractivity contribution in [2.24, 2.45) is 5.73 Å². The van der Waals surface area contributed by atoms with E-state index >= 15 is 0 Å². The van der Waals surface area contributed by atoms with Crippen molar-refractivity contribution in [3.63, 3.8) is 0 Å². The van der Waals surface area contributed by atoms with Gasteiger partial charge in [0.05, 0.1) is 4.92 Å². The molecule has 0 aliphatic heterocycles. The zero-order valence-corrected chi connectivity index (χ0v) is 9.15. The van der Waals surface area contributed by atoms with Gasteiger partial charge in [-0.2, -0.15) is 0 Å². The molecule has 0 saturated heterocycles. The van der Waals surface area contributed by atoms with Crippen LogP contribution in [0.4, 0.5) is 27.6 Å². The molecule has 1 amide bonds. The Morgan fingerprint density at radius 3 is 2.35 bits per heavy atom. The number of nitro groups is 1. The summed E-state index contributed by atoms with van der Waals surface area (Å²) in [6.45, 7) is 0. The second-order valence-electron chi connectivity index (χ2n) is 3.22. The molecule has 0 aliphatic rings. The third-order valence-electron chi connectivity index (χ3n) is 1.88. The summed E-state index contributed by atoms with van der Waals surface area (Å²) in [6, 6.07) is 0.151. The minimum Gasteiger partial charge on any atom is -0.387 e. The first-order chi connectivity index (χ1) is 9.03. The van der Waals surface area contributed by atoms with E-state index in [0.29, 0.717) is 0 Å². The molecule has 1 aromatic heterocycles. The lowest BCUT2D eigenvalue weighted by Crippen LogP contribution is -2.23. The number of amides is 1. The topological polar surface area (TPSA) is 108 Å². The summed E-state index contributed by atoms with van der Waals surface area (Å²) in [5.41, 5.74) is 0.638. The molecule has 7 nitrogen and oxygen atoms in total. The van der Waals surface area contributed by atoms with Crippen molar-refractivity contribution in [1.29, 1.82) is 0 Å². The van der Waals surface area contributed by atoms with Crippen molar-refractivity contribution >= 4 is 11.6 Å². The van der Waals surface area contributed by atoms with Gasteiger partial charge in [0.25, 0.3) is 18.0 Å². The van der Waals surface area contributed by atoms with Crippen molar-refractivity contribution in [2.45, 2.75) is 12.8 Å². The van der Waals surface area contributed by atoms with E-state index < -0.39 is 46.4 Å². The Hall–Kier alpha value is -2.53. The molecule has 0 bridgehead atoms. The number of hydrogen-bond donors (Lipinski definition) is 1. The summed E-state index contributed by atoms with van der Waals surface area (Å²) < 4.78 is 64.4. The number of ether oxygens (including phenoxy) is 1. The van der Waals surface area contributed by atoms with Gasteiger partial charge in [-0.15, -0.1) is 13.2 Å². The fraction of sp³-hybridized carbons (Fsp3) is 0.250. The molecule has 0 spiro atoms. The number of aromatic nitrogens is 1. The maximum absolute atomic E-state index is 12.5. The molecule has 0 aromatic carbocycles. The van der Waals surface area contributed by atoms with Crippen LogP contribution in [0.2, 0.25) is 0 Å². The molecule has 0 aliphatic carbocycles. The highest BCUT2D eigenvalue weighted by molar-refractivity contribution is 5.95. The van der Waals surface area contributed by atoms with E-state index in [-0.39, 0.29) is 6.07 Å². The predicted octanol–water partition coefficient (Wildman–Crippen LogP) is 1.92. The maximum atomic E-state index is 12.5. The molecule has 0 fully saturated rings. The number of carbonyl (C=O) groups is 1. The van der Waals surface area contributed by atoms with E-state index in [1.807, 2.05) is 0 Å². The SMILES string of the molecule is NC(=O)c1cc([N+](=O)[O-])c(C(F)F)nc1OC(F)(F)F. The summed E-state index contributed by atoms with van der Waals surface area (Å²) in [7, 11) is 0. The van der Waals surface area contributed by atoms with E-state index in [1.165, 1.54) is 0 Å². The van der Waals surface area contributed by atoms with E-state index in [2.05, 4.69) is 9.72 Å². The van der Waals surface area contributed by atoms with Crippen LogP contribution in [-0.4, -0.2) is 22.2 Å². The van der Waals surface area contributed by atoms with Gasteiger partial charge in [-0.25, -0.2) is 13.8 Å². The van der Waals surface area contributed by atoms with E-state index in [4.69, 9.17) is 5.73 Å². The van der Waals surface area contributed by atoms with Crippen LogP contribution in [0, 0.1) is 10.1 Å². The minimum atomic E-state index is -5.34. The van der Waals surface area contributed by atoms with Crippen LogP contribution >= 0.6 is 0 Å². The van der Waals surface area contributed by atoms with Crippen LogP contribution in [0.15, 0.2) is 6.07 Å². The predicted molar refractivity (Wildman–Crippen MR) is 51.0 cm³/mol. The molecule has 20 heavy (non-hydrogen) atoms. The fourth-order valence-electron chi connectivity index (χ4n) is 1.17. The number of carbonyl (C=O) groups excluding carboxylic acids is 1. The largest absolute Gasteiger partial charge is 0.574 e. The lowest BCUT2D eigenvalue weighted by molar-refractivity contribution is -0.386. The number of alkyl halides is 5. The molecule has 0 radical (unpaired) electrons. The quantitative estimate of drug-likeness (QED) is 0.519. The van der Waals surface area contributed by atoms with Crippen LogP contribution in [0.5, 0.6) is 5.88 Å². The van der Waals surface area contributed by atoms with Gasteiger partial charge in [-0.3, -0.25) is 14.9 Å². The Morgan fingerprint density at radius 1 is 1.45 bits per heavy atom. The highest BCUT2D eigenvalue weighted by Crippen LogP contribution is 2.33. The van der Waals surface area contributed by atoms with Crippen molar-refractivity contribution in [2.75, 3.05) is 0 Å². The van der Waals surface area contributed by atoms with Crippen LogP contribution < -0.4 is 10.5 Å². The summed E-state index contributed by atoms with van der Waals surface area (Å²) in [4.78, 5) is 22.7. The second kappa shape index (κ2) is 5.22. The average molecular weight is 301 g/mol. The van der Waals surface area contributed by atoms with Gasteiger partial charge < -0.3 is 10.5 Å². The Balaban J connectivity index is 3.53. The van der Waals surface area contributed by atoms with Crippen molar-refractivity contribution < 1.29 is 36.4 Å². The minimum absolute atomic E-state index is 0.151. The van der Waals surface area contributed by atoms with Crippen molar-refractivity contribution in [3.05, 3.63) is 27.4 Å². The van der Waals surface area contributed by atoms with Gasteiger partial charge in [0.15, 0.2) is 5.69 Å². The molecule has 1 aromatic rings. The molecular weight excluding hydrogens is 297 g/mol. The molecule has 1 rings (SSSR count). The lowest BCUT2D eigenvalue weighted by atomic mass is 10.2. The van der Waals surface area contributed by atoms with Crippen LogP contribution in [0.1, 0.15) is 22.5 Å². The van der Waals surface area contributed by atoms with Gasteiger partial charge in [0, 0.05) is 6.07 Å². The number of primary amides is 1. The third kappa shape index (κ3) is 3.49. The smallest absolute Gasteiger partial charge is 0.387 e. The Labute approximate surface area is 106 Å². The van der Waals surface area contributed by atoms with E-state index in [9.17, 15) is 36.9 Å². The first-order valence-electron chi connectivity index (χ1n) is 4.56. The molecular formula is C8H4F5N3O4. The number of pyridine rings is 1. The maximum Gasteiger partial charge on any atom is 0.574 e. The van der Waals surface area contributed by atoms with Crippen LogP contribution in [0.25, 0.3) is 0 Å². The van der Waals surface area contributed by atoms with Crippen molar-refractivity contribution in [3.8, 4) is 5.88 Å². The average Bonchev–Trinajstić information content (AvgIpc) is 2.25. The molecule has 1 heterocycles. The van der Waals surface area contributed by atoms with Gasteiger partial charge in [0.2, 0.25) is 5.88 Å². The Morgan fingerprint density at radius 2 is 2.00 bits per heavy atom. The van der Waals surface area contributed by atoms with Crippen LogP contribution in [-0.2, 0) is 0 Å². The number of nitrogens with zero attached hydrogens (tertiary/aromatic N) is 2. The standard InChI is InChI=1S/C8H4F5N3O4/c9-5(10)4-3(16(18)19)1-2(6(14)17)7(15-4)20-8(11,12)13/h1,5H,(H2,14,17). The van der Waals surface area contributed by atoms with Crippen molar-refractivity contribution in [1.82, 2.24) is 4.98 Å². The first-order valence-corrected chi connectivity index (χ1v) is 4.56. The summed E-state index contributed by atoms with van der Waals surface area (Å²) in [6.07, 6.45) is -8.89. The number of rotatable bonds is 4. The monoisotopic (exact) mass is 301 g/mol. The molecule has 2 N–H and O–H groups in total. The Kier molecular flexibility index (Phi) is 4.06. The van der Waals surface area contributed by atoms with Gasteiger partial charge in [-0.05, 0) is 0 Å². The number of nitrogens with two attached hydrogens (primary N) is 1. The molecule has 110 valence electrons. The number of hydrogen-bond acceptors (Lipinski definition) is 5. The molecule has 0 saturated carbocycles. The third-order valence-corrected chi connectivity index (χ3v) is 1.88. The summed E-state index contributed by atoms with van der Waals surface area (Å²) >= 11 is 0. The zero-order valence-electron chi connectivity index (χ0n) is 9.15. The molecule has 0 unspecified atom stereocenters. The van der Waals surface area contributed by atoms with Gasteiger partial charge in [-0.1, -0.05) is 0 Å². The lowest BCUT2D eigenvalue weighted by Gasteiger charge is -2.12. The van der Waals surface area contributed by atoms with Gasteiger partial charge in [0.1, 0.15) is 5.56 Å². The first kappa shape index (κ1) is 15.5. The molecule has 0 atom stereocenters. The highest BCUT2D eigenvalue weighted by Gasteiger charge is 2.36. The van der Waals surface area contributed by atoms with Gasteiger partial charge >= 0.3 is 6.36 Å². The summed E-state index contributed by atoms with van der Waals surface area (Å²) in [5.74, 6) is -3.13. The summed E-state index contributed by atoms with van der Waals surface area (Å²) in [5, 5.41) is 10.5. The Bertz CT molecular complexity index is 560.